The van der Waals surface area contributed by atoms with Crippen molar-refractivity contribution in [3.05, 3.63) is 42.0 Å². The number of ether oxygens (including phenoxy) is 1. The van der Waals surface area contributed by atoms with Crippen LogP contribution in [0.3, 0.4) is 0 Å². The summed E-state index contributed by atoms with van der Waals surface area (Å²) in [7, 11) is 1.80. The SMILES string of the molecule is CN=C(NCc1ccccc1OCC(C)C)NC1CC=CC1. The Kier molecular flexibility index (Phi) is 6.31. The molecule has 1 aliphatic rings. The van der Waals surface area contributed by atoms with Gasteiger partial charge in [0.25, 0.3) is 0 Å². The van der Waals surface area contributed by atoms with Crippen molar-refractivity contribution < 1.29 is 4.74 Å². The minimum Gasteiger partial charge on any atom is -0.493 e. The summed E-state index contributed by atoms with van der Waals surface area (Å²) in [4.78, 5) is 4.30. The molecule has 0 heterocycles. The number of nitrogens with zero attached hydrogens (tertiary/aromatic N) is 1. The monoisotopic (exact) mass is 301 g/mol. The van der Waals surface area contributed by atoms with Crippen LogP contribution < -0.4 is 15.4 Å². The van der Waals surface area contributed by atoms with Crippen molar-refractivity contribution in [2.24, 2.45) is 10.9 Å². The zero-order valence-electron chi connectivity index (χ0n) is 13.8. The van der Waals surface area contributed by atoms with Crippen molar-refractivity contribution in [1.82, 2.24) is 10.6 Å². The van der Waals surface area contributed by atoms with Gasteiger partial charge in [0.15, 0.2) is 5.96 Å². The molecule has 0 unspecified atom stereocenters. The van der Waals surface area contributed by atoms with Crippen molar-refractivity contribution in [3.63, 3.8) is 0 Å². The Labute approximate surface area is 133 Å². The number of aliphatic imine (C=N–C) groups is 1. The molecule has 0 spiro atoms. The van der Waals surface area contributed by atoms with Gasteiger partial charge in [-0.1, -0.05) is 44.2 Å². The molecule has 0 aromatic heterocycles. The Morgan fingerprint density at radius 2 is 2.00 bits per heavy atom. The second kappa shape index (κ2) is 8.47. The van der Waals surface area contributed by atoms with E-state index in [1.54, 1.807) is 7.05 Å². The van der Waals surface area contributed by atoms with Gasteiger partial charge >= 0.3 is 0 Å². The zero-order chi connectivity index (χ0) is 15.8. The van der Waals surface area contributed by atoms with E-state index in [0.29, 0.717) is 18.5 Å². The highest BCUT2D eigenvalue weighted by Gasteiger charge is 2.12. The molecule has 0 bridgehead atoms. The quantitative estimate of drug-likeness (QED) is 0.482. The second-order valence-corrected chi connectivity index (χ2v) is 6.02. The molecule has 4 nitrogen and oxygen atoms in total. The van der Waals surface area contributed by atoms with Gasteiger partial charge in [0.2, 0.25) is 0 Å². The maximum atomic E-state index is 5.89. The Balaban J connectivity index is 1.89. The standard InChI is InChI=1S/C18H27N3O/c1-14(2)13-22-17-11-7-4-8-15(17)12-20-18(19-3)21-16-9-5-6-10-16/h4-8,11,14,16H,9-10,12-13H2,1-3H3,(H2,19,20,21). The molecule has 0 saturated heterocycles. The number of benzene rings is 1. The van der Waals surface area contributed by atoms with E-state index in [1.165, 1.54) is 0 Å². The molecule has 22 heavy (non-hydrogen) atoms. The summed E-state index contributed by atoms with van der Waals surface area (Å²) in [5.41, 5.74) is 1.15. The number of rotatable bonds is 6. The molecule has 0 amide bonds. The summed E-state index contributed by atoms with van der Waals surface area (Å²) in [6.45, 7) is 5.75. The van der Waals surface area contributed by atoms with Gasteiger partial charge in [0, 0.05) is 25.2 Å². The van der Waals surface area contributed by atoms with E-state index in [-0.39, 0.29) is 0 Å². The normalized spacial score (nSPS) is 15.4. The first kappa shape index (κ1) is 16.4. The fourth-order valence-electron chi connectivity index (χ4n) is 2.35. The highest BCUT2D eigenvalue weighted by atomic mass is 16.5. The van der Waals surface area contributed by atoms with Gasteiger partial charge in [-0.3, -0.25) is 4.99 Å². The van der Waals surface area contributed by atoms with Crippen LogP contribution in [0, 0.1) is 5.92 Å². The molecule has 1 aliphatic carbocycles. The average molecular weight is 301 g/mol. The Bertz CT molecular complexity index is 515. The van der Waals surface area contributed by atoms with Crippen LogP contribution in [0.5, 0.6) is 5.75 Å². The Hall–Kier alpha value is -1.97. The fourth-order valence-corrected chi connectivity index (χ4v) is 2.35. The maximum Gasteiger partial charge on any atom is 0.191 e. The smallest absolute Gasteiger partial charge is 0.191 e. The summed E-state index contributed by atoms with van der Waals surface area (Å²) < 4.78 is 5.89. The van der Waals surface area contributed by atoms with Crippen molar-refractivity contribution in [1.29, 1.82) is 0 Å². The molecule has 1 aromatic carbocycles. The highest BCUT2D eigenvalue weighted by molar-refractivity contribution is 5.80. The van der Waals surface area contributed by atoms with Crippen LogP contribution in [0.2, 0.25) is 0 Å². The summed E-state index contributed by atoms with van der Waals surface area (Å²) in [5.74, 6) is 2.30. The average Bonchev–Trinajstić information content (AvgIpc) is 3.03. The Morgan fingerprint density at radius 3 is 2.68 bits per heavy atom. The predicted octanol–water partition coefficient (Wildman–Crippen LogP) is 3.11. The molecule has 0 radical (unpaired) electrons. The van der Waals surface area contributed by atoms with Crippen LogP contribution in [0.1, 0.15) is 32.3 Å². The largest absolute Gasteiger partial charge is 0.493 e. The predicted molar refractivity (Wildman–Crippen MR) is 92.3 cm³/mol. The molecule has 0 fully saturated rings. The first-order valence-corrected chi connectivity index (χ1v) is 8.02. The van der Waals surface area contributed by atoms with Crippen LogP contribution >= 0.6 is 0 Å². The summed E-state index contributed by atoms with van der Waals surface area (Å²) in [6, 6.07) is 8.62. The molecule has 2 rings (SSSR count). The van der Waals surface area contributed by atoms with Gasteiger partial charge in [-0.15, -0.1) is 0 Å². The first-order valence-electron chi connectivity index (χ1n) is 8.02. The molecule has 0 aliphatic heterocycles. The van der Waals surface area contributed by atoms with E-state index in [4.69, 9.17) is 4.74 Å². The van der Waals surface area contributed by atoms with Gasteiger partial charge < -0.3 is 15.4 Å². The zero-order valence-corrected chi connectivity index (χ0v) is 13.8. The number of hydrogen-bond donors (Lipinski definition) is 2. The van der Waals surface area contributed by atoms with Crippen molar-refractivity contribution in [3.8, 4) is 5.75 Å². The van der Waals surface area contributed by atoms with E-state index >= 15 is 0 Å². The van der Waals surface area contributed by atoms with Crippen molar-refractivity contribution in [2.75, 3.05) is 13.7 Å². The number of para-hydroxylation sites is 1. The molecular formula is C18H27N3O. The van der Waals surface area contributed by atoms with E-state index < -0.39 is 0 Å². The van der Waals surface area contributed by atoms with E-state index in [0.717, 1.165) is 36.7 Å². The summed E-state index contributed by atoms with van der Waals surface area (Å²) >= 11 is 0. The lowest BCUT2D eigenvalue weighted by Crippen LogP contribution is -2.42. The minimum atomic E-state index is 0.457. The molecule has 1 aromatic rings. The first-order chi connectivity index (χ1) is 10.7. The van der Waals surface area contributed by atoms with Gasteiger partial charge in [-0.05, 0) is 24.8 Å². The lowest BCUT2D eigenvalue weighted by Gasteiger charge is -2.18. The van der Waals surface area contributed by atoms with Crippen molar-refractivity contribution >= 4 is 5.96 Å². The molecule has 120 valence electrons. The van der Waals surface area contributed by atoms with Crippen LogP contribution in [-0.4, -0.2) is 25.7 Å². The molecular weight excluding hydrogens is 274 g/mol. The maximum absolute atomic E-state index is 5.89. The molecule has 0 saturated carbocycles. The highest BCUT2D eigenvalue weighted by Crippen LogP contribution is 2.18. The van der Waals surface area contributed by atoms with Crippen LogP contribution in [-0.2, 0) is 6.54 Å². The van der Waals surface area contributed by atoms with Crippen LogP contribution in [0.15, 0.2) is 41.4 Å². The number of guanidine groups is 1. The van der Waals surface area contributed by atoms with Gasteiger partial charge in [-0.25, -0.2) is 0 Å². The van der Waals surface area contributed by atoms with Crippen LogP contribution in [0.4, 0.5) is 0 Å². The van der Waals surface area contributed by atoms with Crippen LogP contribution in [0.25, 0.3) is 0 Å². The fraction of sp³-hybridized carbons (Fsp3) is 0.500. The lowest BCUT2D eigenvalue weighted by atomic mass is 10.2. The topological polar surface area (TPSA) is 45.7 Å². The summed E-state index contributed by atoms with van der Waals surface area (Å²) in [6.07, 6.45) is 6.55. The summed E-state index contributed by atoms with van der Waals surface area (Å²) in [5, 5.41) is 6.81. The number of nitrogens with one attached hydrogen (secondary N) is 2. The van der Waals surface area contributed by atoms with E-state index in [1.807, 2.05) is 18.2 Å². The van der Waals surface area contributed by atoms with E-state index in [2.05, 4.69) is 47.7 Å². The molecule has 0 atom stereocenters. The lowest BCUT2D eigenvalue weighted by molar-refractivity contribution is 0.268. The van der Waals surface area contributed by atoms with Gasteiger partial charge in [0.1, 0.15) is 5.75 Å². The van der Waals surface area contributed by atoms with Gasteiger partial charge in [-0.2, -0.15) is 0 Å². The third-order valence-electron chi connectivity index (χ3n) is 3.56. The van der Waals surface area contributed by atoms with Gasteiger partial charge in [0.05, 0.1) is 6.61 Å². The number of hydrogen-bond acceptors (Lipinski definition) is 2. The second-order valence-electron chi connectivity index (χ2n) is 6.02. The third kappa shape index (κ3) is 5.10. The van der Waals surface area contributed by atoms with Crippen molar-refractivity contribution in [2.45, 2.75) is 39.3 Å². The molecule has 2 N–H and O–H groups in total. The van der Waals surface area contributed by atoms with E-state index in [9.17, 15) is 0 Å². The third-order valence-corrected chi connectivity index (χ3v) is 3.56. The molecule has 4 heteroatoms. The minimum absolute atomic E-state index is 0.457. The Morgan fingerprint density at radius 1 is 1.27 bits per heavy atom.